The van der Waals surface area contributed by atoms with E-state index < -0.39 is 0 Å². The first-order chi connectivity index (χ1) is 9.83. The second-order valence-electron chi connectivity index (χ2n) is 4.74. The molecule has 0 amide bonds. The Morgan fingerprint density at radius 1 is 0.900 bits per heavy atom. The molecular formula is C18H16N2. The van der Waals surface area contributed by atoms with Crippen molar-refractivity contribution in [3.8, 4) is 5.69 Å². The lowest BCUT2D eigenvalue weighted by Gasteiger charge is -2.05. The summed E-state index contributed by atoms with van der Waals surface area (Å²) in [5.41, 5.74) is 4.41. The van der Waals surface area contributed by atoms with Crippen LogP contribution in [0.2, 0.25) is 0 Å². The van der Waals surface area contributed by atoms with Crippen LogP contribution in [0.25, 0.3) is 5.69 Å². The Kier molecular flexibility index (Phi) is 3.46. The van der Waals surface area contributed by atoms with E-state index in [2.05, 4.69) is 46.8 Å². The predicted octanol–water partition coefficient (Wildman–Crippen LogP) is 4.54. The van der Waals surface area contributed by atoms with Crippen molar-refractivity contribution in [1.29, 1.82) is 0 Å². The van der Waals surface area contributed by atoms with Crippen molar-refractivity contribution in [2.24, 2.45) is 4.99 Å². The zero-order chi connectivity index (χ0) is 13.8. The summed E-state index contributed by atoms with van der Waals surface area (Å²) >= 11 is 0. The smallest absolute Gasteiger partial charge is 0.0639 e. The molecular weight excluding hydrogens is 244 g/mol. The van der Waals surface area contributed by atoms with E-state index in [-0.39, 0.29) is 0 Å². The molecule has 0 spiro atoms. The van der Waals surface area contributed by atoms with Gasteiger partial charge in [0.1, 0.15) is 0 Å². The largest absolute Gasteiger partial charge is 0.316 e. The van der Waals surface area contributed by atoms with E-state index in [1.165, 1.54) is 5.56 Å². The van der Waals surface area contributed by atoms with Gasteiger partial charge in [0.2, 0.25) is 0 Å². The highest BCUT2D eigenvalue weighted by molar-refractivity contribution is 5.81. The number of aromatic nitrogens is 1. The van der Waals surface area contributed by atoms with Crippen LogP contribution in [0.3, 0.4) is 0 Å². The van der Waals surface area contributed by atoms with Crippen LogP contribution in [0, 0.1) is 6.92 Å². The van der Waals surface area contributed by atoms with Gasteiger partial charge in [-0.15, -0.1) is 0 Å². The number of para-hydroxylation sites is 1. The Balaban J connectivity index is 1.91. The summed E-state index contributed by atoms with van der Waals surface area (Å²) in [4.78, 5) is 4.55. The molecule has 98 valence electrons. The van der Waals surface area contributed by atoms with Gasteiger partial charge >= 0.3 is 0 Å². The maximum Gasteiger partial charge on any atom is 0.0639 e. The van der Waals surface area contributed by atoms with Gasteiger partial charge < -0.3 is 4.57 Å². The predicted molar refractivity (Wildman–Crippen MR) is 84.2 cm³/mol. The van der Waals surface area contributed by atoms with E-state index in [0.29, 0.717) is 0 Å². The van der Waals surface area contributed by atoms with Gasteiger partial charge in [-0.1, -0.05) is 30.3 Å². The lowest BCUT2D eigenvalue weighted by atomic mass is 10.2. The molecule has 0 saturated carbocycles. The first-order valence-electron chi connectivity index (χ1n) is 6.66. The third-order valence-corrected chi connectivity index (χ3v) is 3.16. The van der Waals surface area contributed by atoms with Crippen molar-refractivity contribution in [3.63, 3.8) is 0 Å². The SMILES string of the molecule is Cc1cccc(N=Cc2cccn2-c2ccccc2)c1. The maximum absolute atomic E-state index is 4.55. The van der Waals surface area contributed by atoms with E-state index in [9.17, 15) is 0 Å². The fraction of sp³-hybridized carbons (Fsp3) is 0.0556. The van der Waals surface area contributed by atoms with E-state index >= 15 is 0 Å². The molecule has 0 radical (unpaired) electrons. The standard InChI is InChI=1S/C18H16N2/c1-15-7-5-8-16(13-15)19-14-18-11-6-12-20(18)17-9-3-2-4-10-17/h2-14H,1H3. The molecule has 1 heterocycles. The number of aryl methyl sites for hydroxylation is 1. The topological polar surface area (TPSA) is 17.3 Å². The lowest BCUT2D eigenvalue weighted by Crippen LogP contribution is -1.97. The molecule has 0 N–H and O–H groups in total. The summed E-state index contributed by atoms with van der Waals surface area (Å²) in [6.07, 6.45) is 3.95. The molecule has 2 heteroatoms. The number of hydrogen-bond acceptors (Lipinski definition) is 1. The molecule has 0 atom stereocenters. The molecule has 1 aromatic heterocycles. The summed E-state index contributed by atoms with van der Waals surface area (Å²) < 4.78 is 2.12. The maximum atomic E-state index is 4.55. The van der Waals surface area contributed by atoms with E-state index in [1.54, 1.807) is 0 Å². The molecule has 0 aliphatic carbocycles. The van der Waals surface area contributed by atoms with Gasteiger partial charge in [0.05, 0.1) is 17.6 Å². The molecule has 0 aliphatic heterocycles. The van der Waals surface area contributed by atoms with Crippen LogP contribution >= 0.6 is 0 Å². The molecule has 2 aromatic carbocycles. The molecule has 0 bridgehead atoms. The zero-order valence-electron chi connectivity index (χ0n) is 11.4. The molecule has 0 fully saturated rings. The van der Waals surface area contributed by atoms with Crippen LogP contribution in [0.1, 0.15) is 11.3 Å². The van der Waals surface area contributed by atoms with Crippen molar-refractivity contribution in [2.45, 2.75) is 6.92 Å². The number of benzene rings is 2. The molecule has 3 aromatic rings. The lowest BCUT2D eigenvalue weighted by molar-refractivity contribution is 1.07. The molecule has 0 unspecified atom stereocenters. The van der Waals surface area contributed by atoms with Crippen LogP contribution in [0.5, 0.6) is 0 Å². The number of aliphatic imine (C=N–C) groups is 1. The second kappa shape index (κ2) is 5.57. The van der Waals surface area contributed by atoms with Gasteiger partial charge in [-0.25, -0.2) is 0 Å². The van der Waals surface area contributed by atoms with Crippen LogP contribution in [-0.4, -0.2) is 10.8 Å². The van der Waals surface area contributed by atoms with Crippen molar-refractivity contribution in [1.82, 2.24) is 4.57 Å². The molecule has 0 aliphatic rings. The Bertz CT molecular complexity index is 724. The van der Waals surface area contributed by atoms with Gasteiger partial charge in [-0.05, 0) is 48.9 Å². The van der Waals surface area contributed by atoms with Gasteiger partial charge in [0.25, 0.3) is 0 Å². The fourth-order valence-electron chi connectivity index (χ4n) is 2.17. The third kappa shape index (κ3) is 2.69. The van der Waals surface area contributed by atoms with Gasteiger partial charge in [0, 0.05) is 11.9 Å². The Morgan fingerprint density at radius 2 is 1.75 bits per heavy atom. The third-order valence-electron chi connectivity index (χ3n) is 3.16. The van der Waals surface area contributed by atoms with E-state index in [4.69, 9.17) is 0 Å². The summed E-state index contributed by atoms with van der Waals surface area (Å²) in [6, 6.07) is 22.6. The summed E-state index contributed by atoms with van der Waals surface area (Å²) in [7, 11) is 0. The van der Waals surface area contributed by atoms with Gasteiger partial charge in [-0.3, -0.25) is 4.99 Å². The fourth-order valence-corrected chi connectivity index (χ4v) is 2.17. The molecule has 0 saturated heterocycles. The number of rotatable bonds is 3. The molecule has 20 heavy (non-hydrogen) atoms. The van der Waals surface area contributed by atoms with Crippen molar-refractivity contribution in [2.75, 3.05) is 0 Å². The summed E-state index contributed by atoms with van der Waals surface area (Å²) in [5, 5.41) is 0. The second-order valence-corrected chi connectivity index (χ2v) is 4.74. The Morgan fingerprint density at radius 3 is 2.55 bits per heavy atom. The van der Waals surface area contributed by atoms with Crippen LogP contribution in [0.15, 0.2) is 77.9 Å². The average molecular weight is 260 g/mol. The zero-order valence-corrected chi connectivity index (χ0v) is 11.4. The number of hydrogen-bond donors (Lipinski definition) is 0. The van der Waals surface area contributed by atoms with Crippen LogP contribution in [-0.2, 0) is 0 Å². The highest BCUT2D eigenvalue weighted by atomic mass is 15.0. The highest BCUT2D eigenvalue weighted by Crippen LogP contribution is 2.15. The van der Waals surface area contributed by atoms with Crippen LogP contribution in [0.4, 0.5) is 5.69 Å². The average Bonchev–Trinajstić information content (AvgIpc) is 2.95. The summed E-state index contributed by atoms with van der Waals surface area (Å²) in [6.45, 7) is 2.08. The summed E-state index contributed by atoms with van der Waals surface area (Å²) in [5.74, 6) is 0. The van der Waals surface area contributed by atoms with Gasteiger partial charge in [0.15, 0.2) is 0 Å². The van der Waals surface area contributed by atoms with E-state index in [0.717, 1.165) is 17.1 Å². The highest BCUT2D eigenvalue weighted by Gasteiger charge is 2.00. The Hall–Kier alpha value is -2.61. The van der Waals surface area contributed by atoms with E-state index in [1.807, 2.05) is 48.8 Å². The minimum Gasteiger partial charge on any atom is -0.316 e. The normalized spacial score (nSPS) is 11.1. The minimum absolute atomic E-state index is 0.978. The van der Waals surface area contributed by atoms with Gasteiger partial charge in [-0.2, -0.15) is 0 Å². The first kappa shape index (κ1) is 12.4. The number of nitrogens with zero attached hydrogens (tertiary/aromatic N) is 2. The van der Waals surface area contributed by atoms with Crippen molar-refractivity contribution in [3.05, 3.63) is 84.2 Å². The minimum atomic E-state index is 0.978. The van der Waals surface area contributed by atoms with Crippen molar-refractivity contribution < 1.29 is 0 Å². The first-order valence-corrected chi connectivity index (χ1v) is 6.66. The monoisotopic (exact) mass is 260 g/mol. The molecule has 3 rings (SSSR count). The van der Waals surface area contributed by atoms with Crippen LogP contribution < -0.4 is 0 Å². The quantitative estimate of drug-likeness (QED) is 0.615. The van der Waals surface area contributed by atoms with Crippen molar-refractivity contribution >= 4 is 11.9 Å². The molecule has 2 nitrogen and oxygen atoms in total. The Labute approximate surface area is 119 Å².